The number of rotatable bonds is 6. The van der Waals surface area contributed by atoms with Gasteiger partial charge in [-0.3, -0.25) is 4.79 Å². The van der Waals surface area contributed by atoms with Crippen LogP contribution in [-0.2, 0) is 16.0 Å². The fourth-order valence-corrected chi connectivity index (χ4v) is 2.34. The highest BCUT2D eigenvalue weighted by Gasteiger charge is 2.16. The second-order valence-corrected chi connectivity index (χ2v) is 7.18. The monoisotopic (exact) mass is 396 g/mol. The van der Waals surface area contributed by atoms with Crippen molar-refractivity contribution in [2.75, 3.05) is 11.9 Å². The quantitative estimate of drug-likeness (QED) is 0.768. The van der Waals surface area contributed by atoms with Crippen LogP contribution >= 0.6 is 0 Å². The molecule has 0 spiro atoms. The van der Waals surface area contributed by atoms with Crippen LogP contribution in [0.4, 0.5) is 10.5 Å². The molecule has 2 amide bonds. The molecule has 1 heterocycles. The minimum Gasteiger partial charge on any atom is -0.444 e. The van der Waals surface area contributed by atoms with Crippen molar-refractivity contribution in [1.82, 2.24) is 10.3 Å². The van der Waals surface area contributed by atoms with E-state index in [2.05, 4.69) is 21.7 Å². The molecular weight excluding hydrogens is 372 g/mol. The highest BCUT2D eigenvalue weighted by atomic mass is 16.6. The van der Waals surface area contributed by atoms with E-state index in [0.29, 0.717) is 22.9 Å². The normalized spacial score (nSPS) is 10.6. The van der Waals surface area contributed by atoms with Crippen molar-refractivity contribution >= 4 is 17.7 Å². The zero-order chi connectivity index (χ0) is 21.4. The molecule has 0 bridgehead atoms. The first-order valence-electron chi connectivity index (χ1n) is 9.14. The van der Waals surface area contributed by atoms with E-state index in [9.17, 15) is 9.59 Å². The zero-order valence-electron chi connectivity index (χ0n) is 16.9. The molecule has 2 N–H and O–H groups in total. The number of carbonyl (C=O) groups is 2. The van der Waals surface area contributed by atoms with Gasteiger partial charge in [0.1, 0.15) is 17.9 Å². The third-order valence-electron chi connectivity index (χ3n) is 3.61. The van der Waals surface area contributed by atoms with Gasteiger partial charge in [0.2, 0.25) is 11.8 Å². The zero-order valence-corrected chi connectivity index (χ0v) is 16.9. The second kappa shape index (κ2) is 9.55. The van der Waals surface area contributed by atoms with Crippen molar-refractivity contribution in [2.24, 2.45) is 0 Å². The molecule has 8 heteroatoms. The van der Waals surface area contributed by atoms with E-state index < -0.39 is 17.6 Å². The topological polar surface area (TPSA) is 113 Å². The van der Waals surface area contributed by atoms with Crippen LogP contribution in [0.2, 0.25) is 0 Å². The van der Waals surface area contributed by atoms with Gasteiger partial charge < -0.3 is 20.1 Å². The minimum atomic E-state index is -0.664. The van der Waals surface area contributed by atoms with Crippen molar-refractivity contribution in [2.45, 2.75) is 39.7 Å². The standard InChI is InChI=1S/C21H24N4O4/c1-5-14-10-17(8-6-15(14)11-22)28-19-9-7-16(12-23-19)25-18(26)13-24-20(27)29-21(2,3)4/h6-10,12H,5,13H2,1-4H3,(H,24,27)(H,25,26). The maximum atomic E-state index is 11.9. The number of hydrogen-bond acceptors (Lipinski definition) is 6. The van der Waals surface area contributed by atoms with Crippen molar-refractivity contribution in [3.63, 3.8) is 0 Å². The summed E-state index contributed by atoms with van der Waals surface area (Å²) in [5, 5.41) is 14.1. The molecule has 1 aromatic heterocycles. The average Bonchev–Trinajstić information content (AvgIpc) is 2.66. The number of nitrogens with zero attached hydrogens (tertiary/aromatic N) is 2. The Kier molecular flexibility index (Phi) is 7.15. The van der Waals surface area contributed by atoms with E-state index >= 15 is 0 Å². The van der Waals surface area contributed by atoms with Crippen LogP contribution in [0.3, 0.4) is 0 Å². The van der Waals surface area contributed by atoms with Crippen LogP contribution in [0.1, 0.15) is 38.8 Å². The number of hydrogen-bond donors (Lipinski definition) is 2. The Morgan fingerprint density at radius 2 is 1.97 bits per heavy atom. The lowest BCUT2D eigenvalue weighted by molar-refractivity contribution is -0.115. The summed E-state index contributed by atoms with van der Waals surface area (Å²) in [5.74, 6) is 0.513. The molecule has 8 nitrogen and oxygen atoms in total. The summed E-state index contributed by atoms with van der Waals surface area (Å²) in [7, 11) is 0. The summed E-state index contributed by atoms with van der Waals surface area (Å²) in [6.07, 6.45) is 1.50. The smallest absolute Gasteiger partial charge is 0.408 e. The lowest BCUT2D eigenvalue weighted by Gasteiger charge is -2.19. The molecule has 0 aliphatic carbocycles. The summed E-state index contributed by atoms with van der Waals surface area (Å²) in [6, 6.07) is 10.6. The lowest BCUT2D eigenvalue weighted by Crippen LogP contribution is -2.37. The van der Waals surface area contributed by atoms with E-state index in [1.54, 1.807) is 51.1 Å². The Hall–Kier alpha value is -3.60. The highest BCUT2D eigenvalue weighted by molar-refractivity contribution is 5.93. The number of pyridine rings is 1. The predicted molar refractivity (Wildman–Crippen MR) is 108 cm³/mol. The molecule has 0 saturated carbocycles. The summed E-state index contributed by atoms with van der Waals surface area (Å²) in [5.41, 5.74) is 1.34. The van der Waals surface area contributed by atoms with Gasteiger partial charge in [0.25, 0.3) is 0 Å². The van der Waals surface area contributed by atoms with E-state index in [1.807, 2.05) is 6.92 Å². The third-order valence-corrected chi connectivity index (χ3v) is 3.61. The van der Waals surface area contributed by atoms with E-state index in [0.717, 1.165) is 12.0 Å². The molecular formula is C21H24N4O4. The van der Waals surface area contributed by atoms with Crippen LogP contribution in [0.25, 0.3) is 0 Å². The van der Waals surface area contributed by atoms with Crippen molar-refractivity contribution in [3.8, 4) is 17.7 Å². The Labute approximate surface area is 169 Å². The Morgan fingerprint density at radius 3 is 2.55 bits per heavy atom. The van der Waals surface area contributed by atoms with Gasteiger partial charge >= 0.3 is 6.09 Å². The van der Waals surface area contributed by atoms with Crippen molar-refractivity contribution < 1.29 is 19.1 Å². The number of alkyl carbamates (subject to hydrolysis) is 1. The molecule has 29 heavy (non-hydrogen) atoms. The number of aromatic nitrogens is 1. The second-order valence-electron chi connectivity index (χ2n) is 7.18. The molecule has 0 atom stereocenters. The molecule has 0 radical (unpaired) electrons. The van der Waals surface area contributed by atoms with Gasteiger partial charge in [0.15, 0.2) is 0 Å². The number of carbonyl (C=O) groups excluding carboxylic acids is 2. The van der Waals surface area contributed by atoms with Gasteiger partial charge in [-0.05, 0) is 57.0 Å². The molecule has 0 fully saturated rings. The molecule has 0 aliphatic rings. The molecule has 0 unspecified atom stereocenters. The Morgan fingerprint density at radius 1 is 1.21 bits per heavy atom. The number of amides is 2. The van der Waals surface area contributed by atoms with E-state index in [1.165, 1.54) is 6.20 Å². The first kappa shape index (κ1) is 21.7. The van der Waals surface area contributed by atoms with Crippen LogP contribution in [-0.4, -0.2) is 29.1 Å². The number of benzene rings is 1. The third kappa shape index (κ3) is 7.14. The lowest BCUT2D eigenvalue weighted by atomic mass is 10.1. The number of aryl methyl sites for hydroxylation is 1. The van der Waals surface area contributed by atoms with Crippen molar-refractivity contribution in [1.29, 1.82) is 5.26 Å². The predicted octanol–water partition coefficient (Wildman–Crippen LogP) is 3.77. The molecule has 1 aromatic carbocycles. The van der Waals surface area contributed by atoms with Gasteiger partial charge in [-0.15, -0.1) is 0 Å². The van der Waals surface area contributed by atoms with Gasteiger partial charge in [-0.2, -0.15) is 5.26 Å². The minimum absolute atomic E-state index is 0.224. The number of anilines is 1. The fraction of sp³-hybridized carbons (Fsp3) is 0.333. The summed E-state index contributed by atoms with van der Waals surface area (Å²) in [6.45, 7) is 6.96. The van der Waals surface area contributed by atoms with Gasteiger partial charge in [0.05, 0.1) is 23.5 Å². The fourth-order valence-electron chi connectivity index (χ4n) is 2.34. The molecule has 152 valence electrons. The van der Waals surface area contributed by atoms with Crippen LogP contribution in [0.15, 0.2) is 36.5 Å². The maximum Gasteiger partial charge on any atom is 0.408 e. The molecule has 0 aliphatic heterocycles. The molecule has 2 aromatic rings. The van der Waals surface area contributed by atoms with E-state index in [4.69, 9.17) is 14.7 Å². The largest absolute Gasteiger partial charge is 0.444 e. The van der Waals surface area contributed by atoms with Gasteiger partial charge in [0, 0.05) is 6.07 Å². The van der Waals surface area contributed by atoms with Crippen LogP contribution < -0.4 is 15.4 Å². The number of ether oxygens (including phenoxy) is 2. The van der Waals surface area contributed by atoms with Crippen LogP contribution in [0, 0.1) is 11.3 Å². The Bertz CT molecular complexity index is 912. The van der Waals surface area contributed by atoms with Gasteiger partial charge in [-0.1, -0.05) is 6.92 Å². The molecule has 2 rings (SSSR count). The Balaban J connectivity index is 1.89. The average molecular weight is 396 g/mol. The van der Waals surface area contributed by atoms with E-state index in [-0.39, 0.29) is 6.54 Å². The number of nitriles is 1. The molecule has 0 saturated heterocycles. The first-order valence-corrected chi connectivity index (χ1v) is 9.14. The summed E-state index contributed by atoms with van der Waals surface area (Å²) < 4.78 is 10.8. The summed E-state index contributed by atoms with van der Waals surface area (Å²) >= 11 is 0. The van der Waals surface area contributed by atoms with Crippen LogP contribution in [0.5, 0.6) is 11.6 Å². The number of nitrogens with one attached hydrogen (secondary N) is 2. The SMILES string of the molecule is CCc1cc(Oc2ccc(NC(=O)CNC(=O)OC(C)(C)C)cn2)ccc1C#N. The van der Waals surface area contributed by atoms with Gasteiger partial charge in [-0.25, -0.2) is 9.78 Å². The maximum absolute atomic E-state index is 11.9. The van der Waals surface area contributed by atoms with Crippen molar-refractivity contribution in [3.05, 3.63) is 47.7 Å². The summed E-state index contributed by atoms with van der Waals surface area (Å²) in [4.78, 5) is 27.6. The highest BCUT2D eigenvalue weighted by Crippen LogP contribution is 2.23. The first-order chi connectivity index (χ1) is 13.7.